The third kappa shape index (κ3) is 2.90. The lowest BCUT2D eigenvalue weighted by molar-refractivity contribution is 0.101. The molecule has 1 atom stereocenters. The summed E-state index contributed by atoms with van der Waals surface area (Å²) in [6, 6.07) is 12.1. The molecule has 1 unspecified atom stereocenters. The van der Waals surface area contributed by atoms with Crippen LogP contribution in [0, 0.1) is 0 Å². The highest BCUT2D eigenvalue weighted by Gasteiger charge is 2.23. The number of hydrogen-bond donors (Lipinski definition) is 1. The first kappa shape index (κ1) is 16.6. The van der Waals surface area contributed by atoms with E-state index in [1.54, 1.807) is 18.3 Å². The first-order valence-electron chi connectivity index (χ1n) is 9.21. The Labute approximate surface area is 160 Å². The van der Waals surface area contributed by atoms with E-state index >= 15 is 0 Å². The summed E-state index contributed by atoms with van der Waals surface area (Å²) < 4.78 is 12.2. The predicted molar refractivity (Wildman–Crippen MR) is 102 cm³/mol. The average molecular weight is 374 g/mol. The molecule has 0 fully saturated rings. The minimum atomic E-state index is -0.372. The van der Waals surface area contributed by atoms with Crippen molar-refractivity contribution in [1.29, 1.82) is 0 Å². The number of hydrogen-bond acceptors (Lipinski definition) is 5. The zero-order chi connectivity index (χ0) is 18.9. The van der Waals surface area contributed by atoms with Crippen LogP contribution < -0.4 is 5.32 Å². The molecule has 0 bridgehead atoms. The second kappa shape index (κ2) is 6.84. The van der Waals surface area contributed by atoms with Gasteiger partial charge in [-0.15, -0.1) is 0 Å². The van der Waals surface area contributed by atoms with Crippen LogP contribution in [-0.2, 0) is 6.42 Å². The van der Waals surface area contributed by atoms with Crippen LogP contribution in [0.2, 0.25) is 0 Å². The van der Waals surface area contributed by atoms with E-state index in [1.165, 1.54) is 23.7 Å². The monoisotopic (exact) mass is 374 g/mol. The number of benzene rings is 1. The first-order valence-corrected chi connectivity index (χ1v) is 9.21. The molecule has 140 valence electrons. The molecular weight excluding hydrogens is 356 g/mol. The zero-order valence-electron chi connectivity index (χ0n) is 15.0. The van der Waals surface area contributed by atoms with Gasteiger partial charge in [-0.25, -0.2) is 0 Å². The molecule has 3 heterocycles. The third-order valence-corrected chi connectivity index (χ3v) is 5.09. The summed E-state index contributed by atoms with van der Waals surface area (Å²) in [5.41, 5.74) is 3.96. The number of nitrogens with one attached hydrogen (secondary N) is 1. The van der Waals surface area contributed by atoms with E-state index in [0.29, 0.717) is 17.0 Å². The van der Waals surface area contributed by atoms with Crippen LogP contribution >= 0.6 is 0 Å². The number of carbonyl (C=O) groups is 1. The maximum atomic E-state index is 12.7. The highest BCUT2D eigenvalue weighted by atomic mass is 16.5. The van der Waals surface area contributed by atoms with Gasteiger partial charge in [0, 0.05) is 6.20 Å². The van der Waals surface area contributed by atoms with Crippen molar-refractivity contribution in [2.75, 3.05) is 5.32 Å². The number of aromatic nitrogens is 3. The standard InChI is InChI=1S/C21H18N4O3/c26-21(20-17(13-28-24-20)19-9-4-10-27-19)23-15-11-22-25(12-15)18-8-3-6-14-5-1-2-7-16(14)18/h1-2,4-5,7,9-13,18H,3,6,8H2,(H,23,26). The highest BCUT2D eigenvalue weighted by molar-refractivity contribution is 6.06. The number of aryl methyl sites for hydroxylation is 1. The van der Waals surface area contributed by atoms with E-state index in [1.807, 2.05) is 10.9 Å². The summed E-state index contributed by atoms with van der Waals surface area (Å²) in [5.74, 6) is 0.157. The molecule has 7 nitrogen and oxygen atoms in total. The van der Waals surface area contributed by atoms with Gasteiger partial charge in [0.1, 0.15) is 12.0 Å². The number of furan rings is 1. The third-order valence-electron chi connectivity index (χ3n) is 5.09. The van der Waals surface area contributed by atoms with Gasteiger partial charge in [-0.05, 0) is 42.5 Å². The minimum Gasteiger partial charge on any atom is -0.464 e. The van der Waals surface area contributed by atoms with Gasteiger partial charge in [0.25, 0.3) is 5.91 Å². The molecule has 5 rings (SSSR count). The lowest BCUT2D eigenvalue weighted by atomic mass is 9.88. The lowest BCUT2D eigenvalue weighted by Gasteiger charge is -2.25. The van der Waals surface area contributed by atoms with Crippen LogP contribution in [0.4, 0.5) is 5.69 Å². The number of anilines is 1. The summed E-state index contributed by atoms with van der Waals surface area (Å²) in [6.07, 6.45) is 9.69. The SMILES string of the molecule is O=C(Nc1cnn(C2CCCc3ccccc32)c1)c1nocc1-c1ccco1. The van der Waals surface area contributed by atoms with Crippen molar-refractivity contribution in [3.8, 4) is 11.3 Å². The maximum Gasteiger partial charge on any atom is 0.278 e. The minimum absolute atomic E-state index is 0.172. The molecular formula is C21H18N4O3. The quantitative estimate of drug-likeness (QED) is 0.575. The van der Waals surface area contributed by atoms with E-state index in [4.69, 9.17) is 8.94 Å². The average Bonchev–Trinajstić information content (AvgIpc) is 3.47. The fraction of sp³-hybridized carbons (Fsp3) is 0.190. The number of fused-ring (bicyclic) bond motifs is 1. The Morgan fingerprint density at radius 3 is 3.04 bits per heavy atom. The second-order valence-corrected chi connectivity index (χ2v) is 6.82. The van der Waals surface area contributed by atoms with Crippen molar-refractivity contribution in [2.24, 2.45) is 0 Å². The van der Waals surface area contributed by atoms with E-state index < -0.39 is 0 Å². The first-order chi connectivity index (χ1) is 13.8. The summed E-state index contributed by atoms with van der Waals surface area (Å²) in [6.45, 7) is 0. The van der Waals surface area contributed by atoms with Crippen LogP contribution in [0.25, 0.3) is 11.3 Å². The van der Waals surface area contributed by atoms with Gasteiger partial charge in [-0.3, -0.25) is 9.48 Å². The largest absolute Gasteiger partial charge is 0.464 e. The Morgan fingerprint density at radius 1 is 1.21 bits per heavy atom. The molecule has 3 aromatic heterocycles. The van der Waals surface area contributed by atoms with Crippen molar-refractivity contribution in [3.05, 3.63) is 78.1 Å². The molecule has 1 aliphatic rings. The fourth-order valence-electron chi connectivity index (χ4n) is 3.77. The van der Waals surface area contributed by atoms with Crippen molar-refractivity contribution in [3.63, 3.8) is 0 Å². The van der Waals surface area contributed by atoms with Gasteiger partial charge >= 0.3 is 0 Å². The fourth-order valence-corrected chi connectivity index (χ4v) is 3.77. The smallest absolute Gasteiger partial charge is 0.278 e. The van der Waals surface area contributed by atoms with Crippen molar-refractivity contribution in [2.45, 2.75) is 25.3 Å². The molecule has 1 N–H and O–H groups in total. The van der Waals surface area contributed by atoms with Gasteiger partial charge in [0.15, 0.2) is 5.69 Å². The van der Waals surface area contributed by atoms with Crippen molar-refractivity contribution < 1.29 is 13.7 Å². The van der Waals surface area contributed by atoms with Gasteiger partial charge in [-0.2, -0.15) is 5.10 Å². The molecule has 0 spiro atoms. The van der Waals surface area contributed by atoms with Crippen molar-refractivity contribution in [1.82, 2.24) is 14.9 Å². The second-order valence-electron chi connectivity index (χ2n) is 6.82. The molecule has 0 aliphatic heterocycles. The molecule has 0 radical (unpaired) electrons. The van der Waals surface area contributed by atoms with Gasteiger partial charge in [0.05, 0.1) is 29.8 Å². The Kier molecular flexibility index (Phi) is 4.05. The number of carbonyl (C=O) groups excluding carboxylic acids is 1. The zero-order valence-corrected chi connectivity index (χ0v) is 15.0. The molecule has 4 aromatic rings. The molecule has 1 aromatic carbocycles. The predicted octanol–water partition coefficient (Wildman–Crippen LogP) is 4.31. The van der Waals surface area contributed by atoms with E-state index in [2.05, 4.69) is 39.8 Å². The van der Waals surface area contributed by atoms with Crippen LogP contribution in [-0.4, -0.2) is 20.8 Å². The number of nitrogens with zero attached hydrogens (tertiary/aromatic N) is 3. The van der Waals surface area contributed by atoms with Gasteiger partial charge in [0.2, 0.25) is 0 Å². The summed E-state index contributed by atoms with van der Waals surface area (Å²) >= 11 is 0. The Morgan fingerprint density at radius 2 is 2.14 bits per heavy atom. The maximum absolute atomic E-state index is 12.7. The van der Waals surface area contributed by atoms with Crippen LogP contribution in [0.5, 0.6) is 0 Å². The van der Waals surface area contributed by atoms with E-state index in [0.717, 1.165) is 19.3 Å². The number of rotatable bonds is 4. The topological polar surface area (TPSA) is 86.1 Å². The number of amides is 1. The summed E-state index contributed by atoms with van der Waals surface area (Å²) in [5, 5.41) is 11.1. The normalized spacial score (nSPS) is 15.9. The highest BCUT2D eigenvalue weighted by Crippen LogP contribution is 2.33. The molecule has 1 amide bonds. The molecule has 0 saturated heterocycles. The van der Waals surface area contributed by atoms with E-state index in [9.17, 15) is 4.79 Å². The summed E-state index contributed by atoms with van der Waals surface area (Å²) in [7, 11) is 0. The summed E-state index contributed by atoms with van der Waals surface area (Å²) in [4.78, 5) is 12.7. The molecule has 0 saturated carbocycles. The Bertz CT molecular complexity index is 1110. The molecule has 28 heavy (non-hydrogen) atoms. The van der Waals surface area contributed by atoms with Crippen LogP contribution in [0.15, 0.2) is 70.3 Å². The van der Waals surface area contributed by atoms with Crippen molar-refractivity contribution >= 4 is 11.6 Å². The lowest BCUT2D eigenvalue weighted by Crippen LogP contribution is -2.17. The Hall–Kier alpha value is -3.61. The van der Waals surface area contributed by atoms with Gasteiger partial charge < -0.3 is 14.3 Å². The van der Waals surface area contributed by atoms with Gasteiger partial charge in [-0.1, -0.05) is 29.4 Å². The molecule has 7 heteroatoms. The van der Waals surface area contributed by atoms with Crippen LogP contribution in [0.3, 0.4) is 0 Å². The Balaban J connectivity index is 1.37. The molecule has 1 aliphatic carbocycles. The van der Waals surface area contributed by atoms with E-state index in [-0.39, 0.29) is 17.6 Å². The van der Waals surface area contributed by atoms with Crippen LogP contribution in [0.1, 0.15) is 40.5 Å².